The van der Waals surface area contributed by atoms with E-state index in [-0.39, 0.29) is 50.2 Å². The summed E-state index contributed by atoms with van der Waals surface area (Å²) in [4.78, 5) is 142. The molecule has 2 saturated carbocycles. The van der Waals surface area contributed by atoms with Gasteiger partial charge in [-0.15, -0.1) is 0 Å². The van der Waals surface area contributed by atoms with Crippen LogP contribution in [-0.4, -0.2) is 139 Å². The predicted molar refractivity (Wildman–Crippen MR) is 283 cm³/mol. The van der Waals surface area contributed by atoms with Crippen LogP contribution in [-0.2, 0) is 44.7 Å². The molecule has 0 spiro atoms. The summed E-state index contributed by atoms with van der Waals surface area (Å²) in [5, 5.41) is 49.9. The Bertz CT molecular complexity index is 2820. The van der Waals surface area contributed by atoms with Crippen molar-refractivity contribution in [2.24, 2.45) is 23.7 Å². The standard InChI is InChI=1S/C54H67ClN10O14/c1-6-14-32-22-42-54(73)79-30(5)46(61-49(68)38(24-35-26-41(35)65(77)78)57-50(69)39-19-20-43(55)63(39)74)52(71)60-45(29(4)33-17-12-9-13-18-33)51(70)58-37(23-34-25-40(34)64(75)76)47(66)56-36(21-31-15-10-8-11-16-31)48(67)59-44(28(3)7-2)53(72)62(42)27-32/h6,8-20,28-30,32,34-38,40-42,44-46,74H,7,21-27H2,1-5H3,(H,56,66)(H,57,69)(H,58,70)(H,59,67)(H,60,71)(H,61,68)/b14-6-/t28-,29+,30+,32-,34+,35-,36-,37+,38-,40+,41-,42-,44-,45-,46+/m0/s1. The van der Waals surface area contributed by atoms with E-state index in [1.807, 2.05) is 0 Å². The monoisotopic (exact) mass is 1110 g/mol. The fraction of sp³-hybridized carbons (Fsp3) is 0.519. The number of allylic oxidation sites excluding steroid dienone is 1. The molecule has 4 aliphatic rings. The molecule has 2 saturated heterocycles. The highest BCUT2D eigenvalue weighted by Gasteiger charge is 2.52. The molecule has 7 amide bonds. The lowest BCUT2D eigenvalue weighted by molar-refractivity contribution is -0.498. The van der Waals surface area contributed by atoms with E-state index in [9.17, 15) is 49.4 Å². The lowest BCUT2D eigenvalue weighted by atomic mass is 9.91. The van der Waals surface area contributed by atoms with Gasteiger partial charge >= 0.3 is 5.97 Å². The first kappa shape index (κ1) is 58.8. The second-order valence-corrected chi connectivity index (χ2v) is 21.5. The highest BCUT2D eigenvalue weighted by molar-refractivity contribution is 6.30. The van der Waals surface area contributed by atoms with Crippen LogP contribution in [0.2, 0.25) is 5.15 Å². The first-order chi connectivity index (χ1) is 37.6. The number of carbonyl (C=O) groups excluding carboxylic acids is 8. The molecule has 0 bridgehead atoms. The molecule has 0 unspecified atom stereocenters. The maximum Gasteiger partial charge on any atom is 0.329 e. The summed E-state index contributed by atoms with van der Waals surface area (Å²) < 4.78 is 6.42. The average Bonchev–Trinajstić information content (AvgIpc) is 4.35. The molecule has 424 valence electrons. The molecule has 4 fully saturated rings. The van der Waals surface area contributed by atoms with Crippen LogP contribution in [0.1, 0.15) is 101 Å². The summed E-state index contributed by atoms with van der Waals surface area (Å²) in [6.45, 7) is 8.18. The number of hydrogen-bond donors (Lipinski definition) is 7. The predicted octanol–water partition coefficient (Wildman–Crippen LogP) is 2.84. The van der Waals surface area contributed by atoms with Crippen LogP contribution >= 0.6 is 11.6 Å². The van der Waals surface area contributed by atoms with Gasteiger partial charge in [0.2, 0.25) is 47.5 Å². The van der Waals surface area contributed by atoms with E-state index in [1.165, 1.54) is 17.9 Å². The second kappa shape index (κ2) is 25.7. The molecule has 2 aliphatic carbocycles. The summed E-state index contributed by atoms with van der Waals surface area (Å²) >= 11 is 5.98. The number of aromatic nitrogens is 1. The highest BCUT2D eigenvalue weighted by atomic mass is 35.5. The maximum atomic E-state index is 15.2. The zero-order chi connectivity index (χ0) is 57.4. The van der Waals surface area contributed by atoms with Crippen molar-refractivity contribution in [3.8, 4) is 0 Å². The Morgan fingerprint density at radius 3 is 2.03 bits per heavy atom. The van der Waals surface area contributed by atoms with Gasteiger partial charge in [0.25, 0.3) is 5.91 Å². The lowest BCUT2D eigenvalue weighted by Crippen LogP contribution is -2.62. The van der Waals surface area contributed by atoms with Gasteiger partial charge in [-0.3, -0.25) is 53.8 Å². The number of esters is 1. The van der Waals surface area contributed by atoms with Crippen molar-refractivity contribution in [2.75, 3.05) is 6.54 Å². The first-order valence-corrected chi connectivity index (χ1v) is 26.9. The van der Waals surface area contributed by atoms with E-state index < -0.39 is 153 Å². The summed E-state index contributed by atoms with van der Waals surface area (Å²) in [7, 11) is 0. The maximum absolute atomic E-state index is 15.2. The number of nitro groups is 2. The Morgan fingerprint density at radius 2 is 1.43 bits per heavy atom. The molecule has 3 aromatic rings. The molecular weight excluding hydrogens is 1050 g/mol. The Hall–Kier alpha value is -7.89. The molecule has 7 N–H and O–H groups in total. The number of rotatable bonds is 17. The molecule has 0 radical (unpaired) electrons. The van der Waals surface area contributed by atoms with Gasteiger partial charge in [-0.1, -0.05) is 112 Å². The van der Waals surface area contributed by atoms with Gasteiger partial charge in [0.05, 0.1) is 0 Å². The minimum atomic E-state index is -1.92. The van der Waals surface area contributed by atoms with E-state index in [1.54, 1.807) is 101 Å². The SMILES string of the molecule is C/C=C\[C@H]1C[C@H]2C(=O)O[C@H](C)[C@@H](NC(=O)[C@H](C[C@H]3C[C@@H]3[N+](=O)[O-])NC(=O)c3ccc(Cl)n3O)C(=O)N[C@@H]([C@H](C)c3ccccc3)C(=O)N[C@H](C[C@@H]3C[C@H]3[N+](=O)[O-])C(=O)N[C@@H](Cc3ccccc3)C(=O)N[C@@H]([C@@H](C)CC)C(=O)N2C1. The zero-order valence-corrected chi connectivity index (χ0v) is 45.1. The van der Waals surface area contributed by atoms with Gasteiger partial charge < -0.3 is 46.7 Å². The summed E-state index contributed by atoms with van der Waals surface area (Å²) in [6, 6.07) is 6.70. The molecule has 7 rings (SSSR count). The van der Waals surface area contributed by atoms with Crippen LogP contribution in [0.25, 0.3) is 0 Å². The van der Waals surface area contributed by atoms with Crippen LogP contribution < -0.4 is 31.9 Å². The number of nitrogens with one attached hydrogen (secondary N) is 6. The molecule has 3 heterocycles. The fourth-order valence-electron chi connectivity index (χ4n) is 10.4. The van der Waals surface area contributed by atoms with Gasteiger partial charge in [-0.05, 0) is 68.2 Å². The normalized spacial score (nSPS) is 28.9. The zero-order valence-electron chi connectivity index (χ0n) is 44.3. The number of fused-ring (bicyclic) bond motifs is 1. The number of ether oxygens (including phenoxy) is 1. The molecule has 24 nitrogen and oxygen atoms in total. The van der Waals surface area contributed by atoms with Gasteiger partial charge in [-0.25, -0.2) is 4.79 Å². The Labute approximate surface area is 460 Å². The molecule has 15 atom stereocenters. The Morgan fingerprint density at radius 1 is 0.823 bits per heavy atom. The Kier molecular flexibility index (Phi) is 19.1. The molecule has 2 aromatic carbocycles. The van der Waals surface area contributed by atoms with Crippen LogP contribution in [0.5, 0.6) is 0 Å². The van der Waals surface area contributed by atoms with Gasteiger partial charge in [0.1, 0.15) is 59.2 Å². The number of cyclic esters (lactones) is 1. The van der Waals surface area contributed by atoms with Crippen LogP contribution in [0.3, 0.4) is 0 Å². The molecule has 79 heavy (non-hydrogen) atoms. The van der Waals surface area contributed by atoms with E-state index >= 15 is 14.4 Å². The van der Waals surface area contributed by atoms with Crippen molar-refractivity contribution in [2.45, 2.75) is 146 Å². The number of benzene rings is 2. The van der Waals surface area contributed by atoms with Crippen molar-refractivity contribution >= 4 is 58.9 Å². The number of nitrogens with zero attached hydrogens (tertiary/aromatic N) is 4. The molecule has 25 heteroatoms. The van der Waals surface area contributed by atoms with Gasteiger partial charge in [-0.2, -0.15) is 4.73 Å². The minimum absolute atomic E-state index is 0.00189. The van der Waals surface area contributed by atoms with Crippen molar-refractivity contribution in [3.63, 3.8) is 0 Å². The van der Waals surface area contributed by atoms with Crippen molar-refractivity contribution < 1.29 is 58.1 Å². The van der Waals surface area contributed by atoms with Crippen molar-refractivity contribution in [1.82, 2.24) is 41.5 Å². The molecular formula is C54H67ClN10O14. The highest BCUT2D eigenvalue weighted by Crippen LogP contribution is 2.38. The Balaban J connectivity index is 1.32. The third-order valence-corrected chi connectivity index (χ3v) is 15.8. The second-order valence-electron chi connectivity index (χ2n) is 21.1. The smallest absolute Gasteiger partial charge is 0.329 e. The van der Waals surface area contributed by atoms with Crippen LogP contribution in [0, 0.1) is 43.9 Å². The number of halogens is 1. The van der Waals surface area contributed by atoms with Crippen LogP contribution in [0.15, 0.2) is 84.9 Å². The van der Waals surface area contributed by atoms with Gasteiger partial charge in [0.15, 0.2) is 0 Å². The molecule has 2 aliphatic heterocycles. The topological polar surface area (TPSA) is 333 Å². The van der Waals surface area contributed by atoms with Gasteiger partial charge in [0, 0.05) is 53.4 Å². The van der Waals surface area contributed by atoms with Crippen molar-refractivity contribution in [1.29, 1.82) is 0 Å². The number of hydrogen-bond acceptors (Lipinski definition) is 14. The quantitative estimate of drug-likeness (QED) is 0.0336. The summed E-state index contributed by atoms with van der Waals surface area (Å²) in [6.07, 6.45) is 1.78. The lowest BCUT2D eigenvalue weighted by Gasteiger charge is -2.33. The average molecular weight is 1120 g/mol. The van der Waals surface area contributed by atoms with E-state index in [2.05, 4.69) is 31.9 Å². The third-order valence-electron chi connectivity index (χ3n) is 15.5. The van der Waals surface area contributed by atoms with E-state index in [0.29, 0.717) is 22.3 Å². The largest absolute Gasteiger partial charge is 0.458 e. The molecule has 1 aromatic heterocycles. The first-order valence-electron chi connectivity index (χ1n) is 26.5. The minimum Gasteiger partial charge on any atom is -0.458 e. The van der Waals surface area contributed by atoms with Crippen molar-refractivity contribution in [3.05, 3.63) is 127 Å². The number of carbonyl (C=O) groups is 8. The fourth-order valence-corrected chi connectivity index (χ4v) is 10.6. The van der Waals surface area contributed by atoms with E-state index in [4.69, 9.17) is 16.3 Å². The summed E-state index contributed by atoms with van der Waals surface area (Å²) in [5.41, 5.74) is 0.718. The summed E-state index contributed by atoms with van der Waals surface area (Å²) in [5.74, 6) is -10.8. The van der Waals surface area contributed by atoms with Crippen LogP contribution in [0.4, 0.5) is 0 Å². The number of amides is 7. The third kappa shape index (κ3) is 14.4. The van der Waals surface area contributed by atoms with E-state index in [0.717, 1.165) is 6.07 Å².